The van der Waals surface area contributed by atoms with E-state index in [0.717, 1.165) is 11.3 Å². The van der Waals surface area contributed by atoms with E-state index in [1.807, 2.05) is 0 Å². The summed E-state index contributed by atoms with van der Waals surface area (Å²) >= 11 is 0. The Labute approximate surface area is 88.6 Å². The van der Waals surface area contributed by atoms with Crippen LogP contribution in [-0.2, 0) is 4.79 Å². The summed E-state index contributed by atoms with van der Waals surface area (Å²) in [7, 11) is 0. The molecule has 15 heavy (non-hydrogen) atoms. The number of nitrogens with one attached hydrogen (secondary N) is 1. The van der Waals surface area contributed by atoms with Crippen molar-refractivity contribution >= 4 is 17.3 Å². The summed E-state index contributed by atoms with van der Waals surface area (Å²) in [5, 5.41) is 14.4. The number of amides is 1. The highest BCUT2D eigenvalue weighted by Gasteiger charge is 2.00. The third kappa shape index (κ3) is 3.09. The van der Waals surface area contributed by atoms with Crippen LogP contribution in [0.15, 0.2) is 29.4 Å². The summed E-state index contributed by atoms with van der Waals surface area (Å²) in [5.41, 5.74) is 2.12. The zero-order valence-corrected chi connectivity index (χ0v) is 8.82. The van der Waals surface area contributed by atoms with Gasteiger partial charge in [0.1, 0.15) is 0 Å². The van der Waals surface area contributed by atoms with E-state index in [-0.39, 0.29) is 5.91 Å². The van der Waals surface area contributed by atoms with E-state index < -0.39 is 0 Å². The molecule has 1 aromatic rings. The number of hydrogen-bond donors (Lipinski definition) is 2. The first kappa shape index (κ1) is 11.2. The van der Waals surface area contributed by atoms with Crippen LogP contribution in [-0.4, -0.2) is 16.8 Å². The van der Waals surface area contributed by atoms with Crippen molar-refractivity contribution in [3.63, 3.8) is 0 Å². The van der Waals surface area contributed by atoms with Crippen molar-refractivity contribution in [2.24, 2.45) is 5.16 Å². The molecule has 0 aliphatic rings. The first-order chi connectivity index (χ1) is 7.17. The Bertz CT molecular complexity index is 369. The Balaban J connectivity index is 2.77. The summed E-state index contributed by atoms with van der Waals surface area (Å²) in [4.78, 5) is 11.1. The van der Waals surface area contributed by atoms with Gasteiger partial charge in [-0.25, -0.2) is 0 Å². The number of carbonyl (C=O) groups excluding carboxylic acids is 1. The van der Waals surface area contributed by atoms with Gasteiger partial charge in [0.15, 0.2) is 0 Å². The number of carbonyl (C=O) groups is 1. The molecule has 0 unspecified atom stereocenters. The van der Waals surface area contributed by atoms with Crippen molar-refractivity contribution in [1.29, 1.82) is 0 Å². The van der Waals surface area contributed by atoms with Gasteiger partial charge in [-0.1, -0.05) is 24.2 Å². The summed E-state index contributed by atoms with van der Waals surface area (Å²) < 4.78 is 0. The van der Waals surface area contributed by atoms with E-state index >= 15 is 0 Å². The van der Waals surface area contributed by atoms with Crippen LogP contribution in [0.25, 0.3) is 0 Å². The maximum Gasteiger partial charge on any atom is 0.224 e. The lowest BCUT2D eigenvalue weighted by Crippen LogP contribution is -2.09. The van der Waals surface area contributed by atoms with E-state index in [1.165, 1.54) is 0 Å². The van der Waals surface area contributed by atoms with Crippen LogP contribution in [0, 0.1) is 0 Å². The highest BCUT2D eigenvalue weighted by Crippen LogP contribution is 2.10. The van der Waals surface area contributed by atoms with Crippen molar-refractivity contribution in [3.8, 4) is 0 Å². The van der Waals surface area contributed by atoms with Crippen molar-refractivity contribution < 1.29 is 10.0 Å². The van der Waals surface area contributed by atoms with Crippen molar-refractivity contribution in [2.45, 2.75) is 20.3 Å². The average Bonchev–Trinajstić information content (AvgIpc) is 2.29. The lowest BCUT2D eigenvalue weighted by atomic mass is 10.1. The SMILES string of the molecule is CCC(=O)Nc1ccc(/C(C)=N\O)cc1. The van der Waals surface area contributed by atoms with E-state index in [4.69, 9.17) is 5.21 Å². The Kier molecular flexibility index (Phi) is 3.85. The standard InChI is InChI=1S/C11H14N2O2/c1-3-11(14)12-10-6-4-9(5-7-10)8(2)13-15/h4-7,15H,3H2,1-2H3,(H,12,14)/b13-8-. The Hall–Kier alpha value is -1.84. The van der Waals surface area contributed by atoms with E-state index in [1.54, 1.807) is 38.1 Å². The molecule has 80 valence electrons. The third-order valence-corrected chi connectivity index (χ3v) is 2.06. The highest BCUT2D eigenvalue weighted by molar-refractivity contribution is 5.99. The molecule has 1 amide bonds. The highest BCUT2D eigenvalue weighted by atomic mass is 16.4. The topological polar surface area (TPSA) is 61.7 Å². The normalized spacial score (nSPS) is 11.2. The summed E-state index contributed by atoms with van der Waals surface area (Å²) in [5.74, 6) is -0.0182. The Morgan fingerprint density at radius 2 is 2.00 bits per heavy atom. The molecule has 1 rings (SSSR count). The predicted molar refractivity (Wildman–Crippen MR) is 59.4 cm³/mol. The van der Waals surface area contributed by atoms with E-state index in [2.05, 4.69) is 10.5 Å². The minimum atomic E-state index is -0.0182. The molecule has 1 aromatic carbocycles. The van der Waals surface area contributed by atoms with Gasteiger partial charge in [0.25, 0.3) is 0 Å². The number of hydrogen-bond acceptors (Lipinski definition) is 3. The number of rotatable bonds is 3. The summed E-state index contributed by atoms with van der Waals surface area (Å²) in [6.07, 6.45) is 0.457. The molecule has 0 aliphatic carbocycles. The van der Waals surface area contributed by atoms with Gasteiger partial charge in [-0.2, -0.15) is 0 Å². The fourth-order valence-electron chi connectivity index (χ4n) is 1.10. The molecule has 2 N–H and O–H groups in total. The second-order valence-corrected chi connectivity index (χ2v) is 3.16. The van der Waals surface area contributed by atoms with Crippen molar-refractivity contribution in [1.82, 2.24) is 0 Å². The van der Waals surface area contributed by atoms with Gasteiger partial charge >= 0.3 is 0 Å². The van der Waals surface area contributed by atoms with E-state index in [0.29, 0.717) is 12.1 Å². The van der Waals surface area contributed by atoms with Crippen molar-refractivity contribution in [2.75, 3.05) is 5.32 Å². The van der Waals surface area contributed by atoms with Crippen LogP contribution in [0.1, 0.15) is 25.8 Å². The molecular weight excluding hydrogens is 192 g/mol. The Morgan fingerprint density at radius 3 is 2.47 bits per heavy atom. The maximum absolute atomic E-state index is 11.1. The summed E-state index contributed by atoms with van der Waals surface area (Å²) in [6, 6.07) is 7.13. The summed E-state index contributed by atoms with van der Waals surface area (Å²) in [6.45, 7) is 3.51. The van der Waals surface area contributed by atoms with Gasteiger partial charge in [0.05, 0.1) is 5.71 Å². The van der Waals surface area contributed by atoms with Crippen LogP contribution < -0.4 is 5.32 Å². The maximum atomic E-state index is 11.1. The third-order valence-electron chi connectivity index (χ3n) is 2.06. The van der Waals surface area contributed by atoms with Gasteiger partial charge in [-0.3, -0.25) is 4.79 Å². The largest absolute Gasteiger partial charge is 0.411 e. The molecule has 0 saturated heterocycles. The van der Waals surface area contributed by atoms with E-state index in [9.17, 15) is 4.79 Å². The predicted octanol–water partition coefficient (Wildman–Crippen LogP) is 2.23. The zero-order chi connectivity index (χ0) is 11.3. The fraction of sp³-hybridized carbons (Fsp3) is 0.273. The fourth-order valence-corrected chi connectivity index (χ4v) is 1.10. The monoisotopic (exact) mass is 206 g/mol. The molecule has 0 atom stereocenters. The average molecular weight is 206 g/mol. The lowest BCUT2D eigenvalue weighted by molar-refractivity contribution is -0.115. The van der Waals surface area contributed by atoms with Crippen LogP contribution in [0.3, 0.4) is 0 Å². The number of nitrogens with zero attached hydrogens (tertiary/aromatic N) is 1. The molecular formula is C11H14N2O2. The zero-order valence-electron chi connectivity index (χ0n) is 8.82. The molecule has 0 aromatic heterocycles. The second kappa shape index (κ2) is 5.14. The molecule has 0 bridgehead atoms. The minimum absolute atomic E-state index is 0.0182. The van der Waals surface area contributed by atoms with Crippen LogP contribution in [0.5, 0.6) is 0 Å². The number of anilines is 1. The van der Waals surface area contributed by atoms with Gasteiger partial charge < -0.3 is 10.5 Å². The second-order valence-electron chi connectivity index (χ2n) is 3.16. The molecule has 0 spiro atoms. The van der Waals surface area contributed by atoms with Crippen LogP contribution in [0.2, 0.25) is 0 Å². The number of benzene rings is 1. The number of oxime groups is 1. The minimum Gasteiger partial charge on any atom is -0.411 e. The van der Waals surface area contributed by atoms with Gasteiger partial charge in [-0.15, -0.1) is 0 Å². The van der Waals surface area contributed by atoms with Crippen LogP contribution in [0.4, 0.5) is 5.69 Å². The van der Waals surface area contributed by atoms with Gasteiger partial charge in [0.2, 0.25) is 5.91 Å². The first-order valence-corrected chi connectivity index (χ1v) is 4.76. The van der Waals surface area contributed by atoms with Gasteiger partial charge in [-0.05, 0) is 24.6 Å². The molecule has 4 nitrogen and oxygen atoms in total. The first-order valence-electron chi connectivity index (χ1n) is 4.76. The lowest BCUT2D eigenvalue weighted by Gasteiger charge is -2.04. The molecule has 0 aliphatic heterocycles. The molecule has 0 heterocycles. The molecule has 0 radical (unpaired) electrons. The Morgan fingerprint density at radius 1 is 1.40 bits per heavy atom. The van der Waals surface area contributed by atoms with Crippen LogP contribution >= 0.6 is 0 Å². The molecule has 4 heteroatoms. The smallest absolute Gasteiger partial charge is 0.224 e. The van der Waals surface area contributed by atoms with Crippen molar-refractivity contribution in [3.05, 3.63) is 29.8 Å². The molecule has 0 saturated carbocycles. The molecule has 0 fully saturated rings. The quantitative estimate of drug-likeness (QED) is 0.452. The van der Waals surface area contributed by atoms with Gasteiger partial charge in [0, 0.05) is 12.1 Å².